The number of benzene rings is 7. The number of rotatable bonds is 4. The Morgan fingerprint density at radius 2 is 1.04 bits per heavy atom. The summed E-state index contributed by atoms with van der Waals surface area (Å²) in [7, 11) is 0. The highest BCUT2D eigenvalue weighted by atomic mass is 32.2. The van der Waals surface area contributed by atoms with Gasteiger partial charge in [-0.2, -0.15) is 0 Å². The van der Waals surface area contributed by atoms with Gasteiger partial charge in [-0.3, -0.25) is 0 Å². The van der Waals surface area contributed by atoms with Crippen molar-refractivity contribution in [1.29, 1.82) is 0 Å². The molecular formula is C48H32N4S2. The molecular weight excluding hydrogens is 697 g/mol. The summed E-state index contributed by atoms with van der Waals surface area (Å²) in [5.74, 6) is 1.95. The zero-order valence-corrected chi connectivity index (χ0v) is 31.2. The van der Waals surface area contributed by atoms with Crippen LogP contribution in [-0.4, -0.2) is 19.5 Å². The van der Waals surface area contributed by atoms with Gasteiger partial charge in [-0.15, -0.1) is 0 Å². The Morgan fingerprint density at radius 1 is 0.463 bits per heavy atom. The molecule has 0 saturated carbocycles. The molecule has 1 aliphatic carbocycles. The molecule has 7 aromatic carbocycles. The fourth-order valence-electron chi connectivity index (χ4n) is 8.29. The molecule has 0 radical (unpaired) electrons. The second-order valence-corrected chi connectivity index (χ2v) is 16.6. The summed E-state index contributed by atoms with van der Waals surface area (Å²) in [5, 5.41) is 2.49. The Labute approximate surface area is 322 Å². The van der Waals surface area contributed by atoms with Gasteiger partial charge in [0.15, 0.2) is 17.5 Å². The minimum Gasteiger partial charge on any atom is -0.309 e. The molecule has 6 heteroatoms. The molecule has 0 atom stereocenters. The number of hydrogen-bond donors (Lipinski definition) is 0. The molecule has 11 rings (SSSR count). The Morgan fingerprint density at radius 3 is 1.72 bits per heavy atom. The van der Waals surface area contributed by atoms with Gasteiger partial charge in [0.05, 0.1) is 11.0 Å². The average molecular weight is 729 g/mol. The topological polar surface area (TPSA) is 43.6 Å². The summed E-state index contributed by atoms with van der Waals surface area (Å²) in [6.45, 7) is 4.76. The SMILES string of the molecule is CC1(C)c2cc3c(cc2-c2c1ccc1c4ccccc4n(-c4cccc(-c5nc(-c6ccccc6)nc(-c6ccccc6)n5)c4)c21)Sc1ccccc1S3. The Kier molecular flexibility index (Phi) is 7.04. The van der Waals surface area contributed by atoms with Crippen molar-refractivity contribution in [2.24, 2.45) is 0 Å². The molecule has 0 fully saturated rings. The molecule has 256 valence electrons. The zero-order chi connectivity index (χ0) is 36.0. The molecule has 0 amide bonds. The molecule has 0 bridgehead atoms. The Bertz CT molecular complexity index is 2910. The summed E-state index contributed by atoms with van der Waals surface area (Å²) in [4.78, 5) is 20.4. The van der Waals surface area contributed by atoms with Gasteiger partial charge >= 0.3 is 0 Å². The van der Waals surface area contributed by atoms with Crippen LogP contribution in [0.25, 0.3) is 72.8 Å². The maximum Gasteiger partial charge on any atom is 0.164 e. The molecule has 2 aliphatic rings. The summed E-state index contributed by atoms with van der Waals surface area (Å²) < 4.78 is 2.46. The van der Waals surface area contributed by atoms with Crippen LogP contribution in [0.2, 0.25) is 0 Å². The van der Waals surface area contributed by atoms with Crippen molar-refractivity contribution < 1.29 is 0 Å². The van der Waals surface area contributed by atoms with Crippen LogP contribution >= 0.6 is 23.5 Å². The normalized spacial score (nSPS) is 13.7. The van der Waals surface area contributed by atoms with E-state index >= 15 is 0 Å². The van der Waals surface area contributed by atoms with E-state index in [1.807, 2.05) is 59.9 Å². The molecule has 1 aliphatic heterocycles. The van der Waals surface area contributed by atoms with Crippen LogP contribution in [0, 0.1) is 0 Å². The smallest absolute Gasteiger partial charge is 0.164 e. The second kappa shape index (κ2) is 12.0. The Balaban J connectivity index is 1.14. The second-order valence-electron chi connectivity index (χ2n) is 14.4. The highest BCUT2D eigenvalue weighted by Gasteiger charge is 2.39. The predicted octanol–water partition coefficient (Wildman–Crippen LogP) is 12.9. The predicted molar refractivity (Wildman–Crippen MR) is 223 cm³/mol. The minimum atomic E-state index is -0.161. The van der Waals surface area contributed by atoms with Crippen LogP contribution in [0.15, 0.2) is 177 Å². The van der Waals surface area contributed by atoms with E-state index in [2.05, 4.69) is 140 Å². The molecule has 54 heavy (non-hydrogen) atoms. The van der Waals surface area contributed by atoms with Crippen LogP contribution in [0.5, 0.6) is 0 Å². The number of hydrogen-bond acceptors (Lipinski definition) is 5. The van der Waals surface area contributed by atoms with Gasteiger partial charge in [-0.25, -0.2) is 15.0 Å². The van der Waals surface area contributed by atoms with Crippen LogP contribution in [0.3, 0.4) is 0 Å². The molecule has 2 aromatic heterocycles. The quantitative estimate of drug-likeness (QED) is 0.180. The lowest BCUT2D eigenvalue weighted by Gasteiger charge is -2.24. The highest BCUT2D eigenvalue weighted by molar-refractivity contribution is 8.05. The van der Waals surface area contributed by atoms with Crippen molar-refractivity contribution in [3.8, 4) is 51.0 Å². The number of aromatic nitrogens is 4. The summed E-state index contributed by atoms with van der Waals surface area (Å²) in [6, 6.07) is 56.2. The molecule has 3 heterocycles. The molecule has 0 saturated heterocycles. The van der Waals surface area contributed by atoms with Gasteiger partial charge in [0.2, 0.25) is 0 Å². The maximum absolute atomic E-state index is 5.07. The van der Waals surface area contributed by atoms with Gasteiger partial charge < -0.3 is 4.57 Å². The Hall–Kier alpha value is -5.95. The first kappa shape index (κ1) is 31.6. The zero-order valence-electron chi connectivity index (χ0n) is 29.6. The third kappa shape index (κ3) is 4.83. The van der Waals surface area contributed by atoms with Crippen molar-refractivity contribution in [3.05, 3.63) is 169 Å². The molecule has 0 unspecified atom stereocenters. The molecule has 0 N–H and O–H groups in total. The minimum absolute atomic E-state index is 0.161. The van der Waals surface area contributed by atoms with E-state index in [0.717, 1.165) is 22.4 Å². The van der Waals surface area contributed by atoms with E-state index in [1.54, 1.807) is 0 Å². The summed E-state index contributed by atoms with van der Waals surface area (Å²) in [5.41, 5.74) is 11.5. The molecule has 0 spiro atoms. The van der Waals surface area contributed by atoms with E-state index in [1.165, 1.54) is 63.6 Å². The van der Waals surface area contributed by atoms with Crippen molar-refractivity contribution in [1.82, 2.24) is 19.5 Å². The first-order valence-electron chi connectivity index (χ1n) is 18.2. The summed E-state index contributed by atoms with van der Waals surface area (Å²) in [6.07, 6.45) is 0. The van der Waals surface area contributed by atoms with Crippen molar-refractivity contribution in [2.45, 2.75) is 38.8 Å². The van der Waals surface area contributed by atoms with Crippen molar-refractivity contribution in [2.75, 3.05) is 0 Å². The lowest BCUT2D eigenvalue weighted by Crippen LogP contribution is -2.15. The highest BCUT2D eigenvalue weighted by Crippen LogP contribution is 2.57. The van der Waals surface area contributed by atoms with Gasteiger partial charge in [-0.1, -0.05) is 153 Å². The van der Waals surface area contributed by atoms with Gasteiger partial charge in [-0.05, 0) is 59.2 Å². The third-order valence-corrected chi connectivity index (χ3v) is 13.4. The number of nitrogens with zero attached hydrogens (tertiary/aromatic N) is 4. The molecule has 4 nitrogen and oxygen atoms in total. The van der Waals surface area contributed by atoms with Crippen LogP contribution in [0.1, 0.15) is 25.0 Å². The standard InChI is InChI=1S/C48H32N4S2/c1-48(2)36-25-24-34-33-20-9-10-21-38(33)52(44(34)43(36)35-27-41-42(28-37(35)48)54-40-23-12-11-22-39(40)53-41)32-19-13-18-31(26-32)47-50-45(29-14-5-3-6-15-29)49-46(51-47)30-16-7-4-8-17-30/h3-28H,1-2H3. The molecule has 9 aromatic rings. The van der Waals surface area contributed by atoms with E-state index in [0.29, 0.717) is 17.5 Å². The summed E-state index contributed by atoms with van der Waals surface area (Å²) >= 11 is 3.78. The largest absolute Gasteiger partial charge is 0.309 e. The fourth-order valence-corrected chi connectivity index (χ4v) is 10.6. The van der Waals surface area contributed by atoms with Crippen LogP contribution in [-0.2, 0) is 5.41 Å². The average Bonchev–Trinajstić information content (AvgIpc) is 3.68. The van der Waals surface area contributed by atoms with Crippen LogP contribution in [0.4, 0.5) is 0 Å². The number of para-hydroxylation sites is 1. The van der Waals surface area contributed by atoms with E-state index < -0.39 is 0 Å². The monoisotopic (exact) mass is 728 g/mol. The van der Waals surface area contributed by atoms with Crippen molar-refractivity contribution >= 4 is 45.3 Å². The van der Waals surface area contributed by atoms with E-state index in [-0.39, 0.29) is 5.41 Å². The van der Waals surface area contributed by atoms with Crippen LogP contribution < -0.4 is 0 Å². The maximum atomic E-state index is 5.07. The first-order valence-corrected chi connectivity index (χ1v) is 19.8. The number of fused-ring (bicyclic) bond motifs is 9. The van der Waals surface area contributed by atoms with E-state index in [4.69, 9.17) is 15.0 Å². The van der Waals surface area contributed by atoms with Gasteiger partial charge in [0.25, 0.3) is 0 Å². The van der Waals surface area contributed by atoms with Gasteiger partial charge in [0, 0.05) is 63.7 Å². The van der Waals surface area contributed by atoms with Crippen molar-refractivity contribution in [3.63, 3.8) is 0 Å². The van der Waals surface area contributed by atoms with E-state index in [9.17, 15) is 0 Å². The first-order chi connectivity index (χ1) is 26.5. The fraction of sp³-hybridized carbons (Fsp3) is 0.0625. The van der Waals surface area contributed by atoms with Gasteiger partial charge in [0.1, 0.15) is 0 Å². The lowest BCUT2D eigenvalue weighted by molar-refractivity contribution is 0.658. The lowest BCUT2D eigenvalue weighted by atomic mass is 9.82. The third-order valence-electron chi connectivity index (χ3n) is 10.9.